The van der Waals surface area contributed by atoms with Gasteiger partial charge in [0.25, 0.3) is 0 Å². The summed E-state index contributed by atoms with van der Waals surface area (Å²) >= 11 is 2.13. The van der Waals surface area contributed by atoms with E-state index < -0.39 is 0 Å². The van der Waals surface area contributed by atoms with Crippen molar-refractivity contribution in [2.45, 2.75) is 51.3 Å². The molecule has 2 rings (SSSR count). The van der Waals surface area contributed by atoms with E-state index in [1.165, 1.54) is 35.3 Å². The molecule has 1 N–H and O–H groups in total. The lowest BCUT2D eigenvalue weighted by atomic mass is 9.99. The van der Waals surface area contributed by atoms with Crippen molar-refractivity contribution in [3.63, 3.8) is 0 Å². The zero-order chi connectivity index (χ0) is 13.2. The summed E-state index contributed by atoms with van der Waals surface area (Å²) in [4.78, 5) is 0. The first-order valence-electron chi connectivity index (χ1n) is 6.95. The molecule has 18 heavy (non-hydrogen) atoms. The predicted octanol–water partition coefficient (Wildman–Crippen LogP) is 4.24. The number of hydrogen-bond donors (Lipinski definition) is 1. The molecule has 0 radical (unpaired) electrons. The summed E-state index contributed by atoms with van der Waals surface area (Å²) in [5, 5.41) is 3.73. The highest BCUT2D eigenvalue weighted by atomic mass is 32.2. The van der Waals surface area contributed by atoms with Crippen LogP contribution in [0.25, 0.3) is 0 Å². The first-order valence-corrected chi connectivity index (χ1v) is 7.93. The molecular weight excluding hydrogens is 238 g/mol. The van der Waals surface area contributed by atoms with Crippen molar-refractivity contribution in [3.8, 4) is 0 Å². The van der Waals surface area contributed by atoms with Crippen LogP contribution in [0.3, 0.4) is 0 Å². The minimum absolute atomic E-state index is 0.447. The third-order valence-corrected chi connectivity index (χ3v) is 5.52. The van der Waals surface area contributed by atoms with Gasteiger partial charge >= 0.3 is 0 Å². The minimum Gasteiger partial charge on any atom is -0.309 e. The Morgan fingerprint density at radius 2 is 2.17 bits per heavy atom. The summed E-state index contributed by atoms with van der Waals surface area (Å²) in [6, 6.07) is 7.19. The SMILES string of the molecule is Cc1ccc(C)c(C(C)NCC2(C)CCCS2)c1. The number of rotatable bonds is 4. The lowest BCUT2D eigenvalue weighted by Crippen LogP contribution is -2.34. The van der Waals surface area contributed by atoms with Gasteiger partial charge in [0.1, 0.15) is 0 Å². The van der Waals surface area contributed by atoms with Crippen LogP contribution in [-0.2, 0) is 0 Å². The number of nitrogens with one attached hydrogen (secondary N) is 1. The molecular formula is C16H25NS. The maximum absolute atomic E-state index is 3.73. The van der Waals surface area contributed by atoms with Gasteiger partial charge in [-0.25, -0.2) is 0 Å². The van der Waals surface area contributed by atoms with E-state index in [1.807, 2.05) is 0 Å². The van der Waals surface area contributed by atoms with Crippen LogP contribution in [-0.4, -0.2) is 17.0 Å². The second kappa shape index (κ2) is 5.66. The number of aryl methyl sites for hydroxylation is 2. The summed E-state index contributed by atoms with van der Waals surface area (Å²) < 4.78 is 0.450. The van der Waals surface area contributed by atoms with Crippen molar-refractivity contribution in [2.24, 2.45) is 0 Å². The standard InChI is InChI=1S/C16H25NS/c1-12-6-7-13(2)15(10-12)14(3)17-11-16(4)8-5-9-18-16/h6-7,10,14,17H,5,8-9,11H2,1-4H3. The molecule has 0 amide bonds. The number of hydrogen-bond acceptors (Lipinski definition) is 2. The molecule has 0 spiro atoms. The molecule has 1 aliphatic heterocycles. The van der Waals surface area contributed by atoms with Crippen molar-refractivity contribution in [1.82, 2.24) is 5.32 Å². The first kappa shape index (κ1) is 14.0. The van der Waals surface area contributed by atoms with Gasteiger partial charge in [-0.2, -0.15) is 11.8 Å². The van der Waals surface area contributed by atoms with Gasteiger partial charge in [-0.05, 0) is 57.4 Å². The molecule has 2 heteroatoms. The van der Waals surface area contributed by atoms with Gasteiger partial charge in [0, 0.05) is 17.3 Å². The average Bonchev–Trinajstić information content (AvgIpc) is 2.77. The smallest absolute Gasteiger partial charge is 0.0295 e. The van der Waals surface area contributed by atoms with Crippen LogP contribution in [0.5, 0.6) is 0 Å². The zero-order valence-corrected chi connectivity index (χ0v) is 12.9. The van der Waals surface area contributed by atoms with Crippen LogP contribution >= 0.6 is 11.8 Å². The second-order valence-electron chi connectivity index (χ2n) is 5.86. The normalized spacial score (nSPS) is 25.3. The van der Waals surface area contributed by atoms with Crippen LogP contribution in [0, 0.1) is 13.8 Å². The zero-order valence-electron chi connectivity index (χ0n) is 12.0. The number of benzene rings is 1. The van der Waals surface area contributed by atoms with E-state index in [0.717, 1.165) is 6.54 Å². The highest BCUT2D eigenvalue weighted by Gasteiger charge is 2.29. The molecule has 1 saturated heterocycles. The van der Waals surface area contributed by atoms with Crippen molar-refractivity contribution in [2.75, 3.05) is 12.3 Å². The van der Waals surface area contributed by atoms with Crippen molar-refractivity contribution < 1.29 is 0 Å². The predicted molar refractivity (Wildman–Crippen MR) is 82.4 cm³/mol. The Labute approximate surface area is 116 Å². The molecule has 0 saturated carbocycles. The van der Waals surface area contributed by atoms with Crippen molar-refractivity contribution in [3.05, 3.63) is 34.9 Å². The third-order valence-electron chi connectivity index (χ3n) is 3.98. The van der Waals surface area contributed by atoms with Crippen molar-refractivity contribution in [1.29, 1.82) is 0 Å². The van der Waals surface area contributed by atoms with E-state index in [1.54, 1.807) is 0 Å². The van der Waals surface area contributed by atoms with Crippen LogP contribution in [0.2, 0.25) is 0 Å². The maximum Gasteiger partial charge on any atom is 0.0295 e. The molecule has 2 atom stereocenters. The van der Waals surface area contributed by atoms with E-state index >= 15 is 0 Å². The quantitative estimate of drug-likeness (QED) is 0.872. The van der Waals surface area contributed by atoms with E-state index in [2.05, 4.69) is 63.0 Å². The molecule has 2 unspecified atom stereocenters. The lowest BCUT2D eigenvalue weighted by molar-refractivity contribution is 0.489. The van der Waals surface area contributed by atoms with Crippen LogP contribution in [0.4, 0.5) is 0 Å². The van der Waals surface area contributed by atoms with Crippen molar-refractivity contribution >= 4 is 11.8 Å². The number of thioether (sulfide) groups is 1. The third kappa shape index (κ3) is 3.30. The van der Waals surface area contributed by atoms with Gasteiger partial charge in [0.15, 0.2) is 0 Å². The van der Waals surface area contributed by atoms with Gasteiger partial charge in [-0.1, -0.05) is 23.8 Å². The van der Waals surface area contributed by atoms with Gasteiger partial charge in [0.2, 0.25) is 0 Å². The molecule has 1 fully saturated rings. The highest BCUT2D eigenvalue weighted by molar-refractivity contribution is 8.00. The molecule has 1 aromatic rings. The monoisotopic (exact) mass is 263 g/mol. The Kier molecular flexibility index (Phi) is 4.39. The summed E-state index contributed by atoms with van der Waals surface area (Å²) in [5.41, 5.74) is 4.19. The van der Waals surface area contributed by atoms with Gasteiger partial charge < -0.3 is 5.32 Å². The second-order valence-corrected chi connectivity index (χ2v) is 7.55. The lowest BCUT2D eigenvalue weighted by Gasteiger charge is -2.26. The molecule has 0 aromatic heterocycles. The molecule has 1 aromatic carbocycles. The largest absolute Gasteiger partial charge is 0.309 e. The van der Waals surface area contributed by atoms with Crippen LogP contribution < -0.4 is 5.32 Å². The molecule has 1 nitrogen and oxygen atoms in total. The highest BCUT2D eigenvalue weighted by Crippen LogP contribution is 2.37. The van der Waals surface area contributed by atoms with E-state index in [-0.39, 0.29) is 0 Å². The summed E-state index contributed by atoms with van der Waals surface area (Å²) in [6.07, 6.45) is 2.73. The fourth-order valence-corrected chi connectivity index (χ4v) is 3.94. The molecule has 0 aliphatic carbocycles. The summed E-state index contributed by atoms with van der Waals surface area (Å²) in [5.74, 6) is 1.33. The fraction of sp³-hybridized carbons (Fsp3) is 0.625. The van der Waals surface area contributed by atoms with Gasteiger partial charge in [0.05, 0.1) is 0 Å². The Bertz CT molecular complexity index is 408. The van der Waals surface area contributed by atoms with E-state index in [9.17, 15) is 0 Å². The Balaban J connectivity index is 1.99. The Morgan fingerprint density at radius 3 is 2.83 bits per heavy atom. The average molecular weight is 263 g/mol. The van der Waals surface area contributed by atoms with Crippen LogP contribution in [0.1, 0.15) is 49.4 Å². The summed E-state index contributed by atoms with van der Waals surface area (Å²) in [7, 11) is 0. The van der Waals surface area contributed by atoms with Gasteiger partial charge in [-0.3, -0.25) is 0 Å². The van der Waals surface area contributed by atoms with E-state index in [4.69, 9.17) is 0 Å². The minimum atomic E-state index is 0.447. The maximum atomic E-state index is 3.73. The van der Waals surface area contributed by atoms with Crippen LogP contribution in [0.15, 0.2) is 18.2 Å². The molecule has 1 heterocycles. The van der Waals surface area contributed by atoms with E-state index in [0.29, 0.717) is 10.8 Å². The molecule has 1 aliphatic rings. The molecule has 100 valence electrons. The Morgan fingerprint density at radius 1 is 1.39 bits per heavy atom. The summed E-state index contributed by atoms with van der Waals surface area (Å²) in [6.45, 7) is 10.2. The fourth-order valence-electron chi connectivity index (χ4n) is 2.68. The van der Waals surface area contributed by atoms with Gasteiger partial charge in [-0.15, -0.1) is 0 Å². The Hall–Kier alpha value is -0.470. The molecule has 0 bridgehead atoms. The first-order chi connectivity index (χ1) is 8.50. The topological polar surface area (TPSA) is 12.0 Å².